The van der Waals surface area contributed by atoms with Crippen molar-refractivity contribution in [2.24, 2.45) is 0 Å². The van der Waals surface area contributed by atoms with Gasteiger partial charge in [-0.1, -0.05) is 36.4 Å². The molecule has 4 heterocycles. The van der Waals surface area contributed by atoms with Crippen molar-refractivity contribution in [3.63, 3.8) is 0 Å². The zero-order valence-electron chi connectivity index (χ0n) is 21.7. The van der Waals surface area contributed by atoms with Crippen LogP contribution < -0.4 is 20.7 Å². The summed E-state index contributed by atoms with van der Waals surface area (Å²) in [5.74, 6) is 0.0713. The minimum absolute atomic E-state index is 0.0713. The third kappa shape index (κ3) is 3.61. The molecule has 6 rings (SSSR count). The molecule has 0 spiro atoms. The van der Waals surface area contributed by atoms with Gasteiger partial charge in [0, 0.05) is 49.0 Å². The SMILES string of the molecule is CN[C@H]1CCN(n2c(C(=O)c3cc4cccc(C)c4n3N3CC[C@H](NC)C3)cc3cccc(C)c32)C1. The number of likely N-dealkylation sites (N-methyl/N-ethyl adjacent to an activating group) is 2. The number of para-hydroxylation sites is 2. The lowest BCUT2D eigenvalue weighted by Crippen LogP contribution is -2.39. The molecule has 2 saturated heterocycles. The third-order valence-corrected chi connectivity index (χ3v) is 8.18. The van der Waals surface area contributed by atoms with Crippen LogP contribution in [0.1, 0.15) is 40.2 Å². The first-order valence-electron chi connectivity index (χ1n) is 13.1. The lowest BCUT2D eigenvalue weighted by atomic mass is 10.1. The fourth-order valence-electron chi connectivity index (χ4n) is 6.19. The van der Waals surface area contributed by atoms with Gasteiger partial charge in [-0.3, -0.25) is 14.1 Å². The van der Waals surface area contributed by atoms with Crippen molar-refractivity contribution >= 4 is 27.6 Å². The van der Waals surface area contributed by atoms with Gasteiger partial charge in [0.25, 0.3) is 0 Å². The Kier molecular flexibility index (Phi) is 5.77. The number of benzene rings is 2. The smallest absolute Gasteiger partial charge is 0.229 e. The van der Waals surface area contributed by atoms with E-state index in [2.05, 4.69) is 92.4 Å². The summed E-state index contributed by atoms with van der Waals surface area (Å²) < 4.78 is 4.42. The monoisotopic (exact) mass is 484 g/mol. The molecule has 2 aromatic heterocycles. The molecule has 2 aliphatic rings. The quantitative estimate of drug-likeness (QED) is 0.412. The van der Waals surface area contributed by atoms with Gasteiger partial charge in [-0.2, -0.15) is 0 Å². The average molecular weight is 485 g/mol. The van der Waals surface area contributed by atoms with E-state index in [4.69, 9.17) is 0 Å². The second kappa shape index (κ2) is 8.98. The van der Waals surface area contributed by atoms with Gasteiger partial charge in [-0.15, -0.1) is 0 Å². The van der Waals surface area contributed by atoms with Crippen LogP contribution in [0.3, 0.4) is 0 Å². The zero-order chi connectivity index (χ0) is 25.0. The van der Waals surface area contributed by atoms with E-state index in [1.165, 1.54) is 11.1 Å². The molecule has 0 unspecified atom stereocenters. The van der Waals surface area contributed by atoms with Crippen LogP contribution in [0.25, 0.3) is 21.8 Å². The number of carbonyl (C=O) groups is 1. The molecule has 0 aliphatic carbocycles. The fourth-order valence-corrected chi connectivity index (χ4v) is 6.19. The fraction of sp³-hybridized carbons (Fsp3) is 0.414. The molecule has 7 heteroatoms. The molecular weight excluding hydrogens is 448 g/mol. The highest BCUT2D eigenvalue weighted by molar-refractivity contribution is 6.12. The summed E-state index contributed by atoms with van der Waals surface area (Å²) in [5.41, 5.74) is 6.12. The van der Waals surface area contributed by atoms with Crippen LogP contribution in [-0.2, 0) is 0 Å². The topological polar surface area (TPSA) is 57.5 Å². The van der Waals surface area contributed by atoms with E-state index < -0.39 is 0 Å². The van der Waals surface area contributed by atoms with Crippen molar-refractivity contribution < 1.29 is 4.79 Å². The summed E-state index contributed by atoms with van der Waals surface area (Å²) in [6.07, 6.45) is 2.13. The van der Waals surface area contributed by atoms with Crippen molar-refractivity contribution in [3.8, 4) is 0 Å². The van der Waals surface area contributed by atoms with E-state index in [0.29, 0.717) is 12.1 Å². The Labute approximate surface area is 212 Å². The second-order valence-corrected chi connectivity index (χ2v) is 10.4. The van der Waals surface area contributed by atoms with Gasteiger partial charge < -0.3 is 20.7 Å². The maximum Gasteiger partial charge on any atom is 0.229 e. The van der Waals surface area contributed by atoms with Crippen LogP contribution in [0.2, 0.25) is 0 Å². The lowest BCUT2D eigenvalue weighted by Gasteiger charge is -2.27. The average Bonchev–Trinajstić information content (AvgIpc) is 3.67. The van der Waals surface area contributed by atoms with Gasteiger partial charge in [0.1, 0.15) is 11.4 Å². The highest BCUT2D eigenvalue weighted by Crippen LogP contribution is 2.31. The number of nitrogens with one attached hydrogen (secondary N) is 2. The Morgan fingerprint density at radius 3 is 1.58 bits per heavy atom. The summed E-state index contributed by atoms with van der Waals surface area (Å²) in [5, 5.41) is 13.8. The van der Waals surface area contributed by atoms with E-state index in [1.807, 2.05) is 14.1 Å². The maximum absolute atomic E-state index is 14.5. The number of fused-ring (bicyclic) bond motifs is 2. The van der Waals surface area contributed by atoms with Crippen LogP contribution in [0.15, 0.2) is 48.5 Å². The molecular formula is C29H36N6O. The number of ketones is 1. The van der Waals surface area contributed by atoms with E-state index in [-0.39, 0.29) is 5.78 Å². The van der Waals surface area contributed by atoms with Gasteiger partial charge in [-0.05, 0) is 64.0 Å². The summed E-state index contributed by atoms with van der Waals surface area (Å²) in [7, 11) is 4.04. The predicted octanol–water partition coefficient (Wildman–Crippen LogP) is 3.30. The maximum atomic E-state index is 14.5. The predicted molar refractivity (Wildman–Crippen MR) is 148 cm³/mol. The number of nitrogens with zero attached hydrogens (tertiary/aromatic N) is 4. The highest BCUT2D eigenvalue weighted by Gasteiger charge is 2.31. The molecule has 2 atom stereocenters. The second-order valence-electron chi connectivity index (χ2n) is 10.4. The molecule has 2 aromatic carbocycles. The molecule has 2 aliphatic heterocycles. The molecule has 0 amide bonds. The standard InChI is InChI=1S/C29H36N6O/c1-19-7-5-9-21-15-25(34(27(19)21)32-13-11-23(17-32)30-3)29(36)26-16-22-10-6-8-20(2)28(22)35(26)33-14-12-24(18-33)31-4/h5-10,15-16,23-24,30-31H,11-14,17-18H2,1-4H3/t23-,24-/m0/s1. The van der Waals surface area contributed by atoms with Gasteiger partial charge in [0.05, 0.1) is 11.0 Å². The Hall–Kier alpha value is -3.29. The van der Waals surface area contributed by atoms with E-state index in [9.17, 15) is 4.79 Å². The Balaban J connectivity index is 1.54. The molecule has 36 heavy (non-hydrogen) atoms. The largest absolute Gasteiger partial charge is 0.315 e. The summed E-state index contributed by atoms with van der Waals surface area (Å²) in [4.78, 5) is 14.5. The van der Waals surface area contributed by atoms with E-state index >= 15 is 0 Å². The number of hydrogen-bond acceptors (Lipinski definition) is 5. The molecule has 7 nitrogen and oxygen atoms in total. The van der Waals surface area contributed by atoms with E-state index in [0.717, 1.165) is 72.2 Å². The van der Waals surface area contributed by atoms with Crippen molar-refractivity contribution in [2.75, 3.05) is 50.3 Å². The number of hydrogen-bond donors (Lipinski definition) is 2. The normalized spacial score (nSPS) is 20.3. The van der Waals surface area contributed by atoms with E-state index in [1.54, 1.807) is 0 Å². The van der Waals surface area contributed by atoms with Crippen LogP contribution in [0.5, 0.6) is 0 Å². The molecule has 4 aromatic rings. The van der Waals surface area contributed by atoms with Crippen molar-refractivity contribution in [1.29, 1.82) is 0 Å². The molecule has 0 radical (unpaired) electrons. The van der Waals surface area contributed by atoms with Gasteiger partial charge in [0.2, 0.25) is 5.78 Å². The van der Waals surface area contributed by atoms with Crippen molar-refractivity contribution in [3.05, 3.63) is 71.0 Å². The Morgan fingerprint density at radius 2 is 1.19 bits per heavy atom. The number of rotatable bonds is 6. The number of carbonyl (C=O) groups excluding carboxylic acids is 1. The minimum Gasteiger partial charge on any atom is -0.315 e. The summed E-state index contributed by atoms with van der Waals surface area (Å²) >= 11 is 0. The molecule has 188 valence electrons. The molecule has 2 fully saturated rings. The highest BCUT2D eigenvalue weighted by atomic mass is 16.1. The Bertz CT molecular complexity index is 1340. The third-order valence-electron chi connectivity index (χ3n) is 8.18. The van der Waals surface area contributed by atoms with Crippen LogP contribution in [0.4, 0.5) is 0 Å². The van der Waals surface area contributed by atoms with Crippen LogP contribution in [-0.4, -0.2) is 67.5 Å². The molecule has 0 saturated carbocycles. The van der Waals surface area contributed by atoms with Crippen molar-refractivity contribution in [2.45, 2.75) is 38.8 Å². The van der Waals surface area contributed by atoms with Crippen molar-refractivity contribution in [1.82, 2.24) is 20.0 Å². The molecule has 0 bridgehead atoms. The first kappa shape index (κ1) is 23.1. The lowest BCUT2D eigenvalue weighted by molar-refractivity contribution is 0.102. The number of aryl methyl sites for hydroxylation is 2. The van der Waals surface area contributed by atoms with Crippen LogP contribution in [0, 0.1) is 13.8 Å². The summed E-state index contributed by atoms with van der Waals surface area (Å²) in [6.45, 7) is 7.88. The zero-order valence-corrected chi connectivity index (χ0v) is 21.7. The number of aromatic nitrogens is 2. The first-order chi connectivity index (χ1) is 17.5. The summed E-state index contributed by atoms with van der Waals surface area (Å²) in [6, 6.07) is 17.7. The van der Waals surface area contributed by atoms with Crippen LogP contribution >= 0.6 is 0 Å². The first-order valence-corrected chi connectivity index (χ1v) is 13.1. The van der Waals surface area contributed by atoms with Gasteiger partial charge in [0.15, 0.2) is 0 Å². The molecule has 2 N–H and O–H groups in total. The Morgan fingerprint density at radius 1 is 0.750 bits per heavy atom. The van der Waals surface area contributed by atoms with Gasteiger partial charge >= 0.3 is 0 Å². The minimum atomic E-state index is 0.0713. The van der Waals surface area contributed by atoms with Gasteiger partial charge in [-0.25, -0.2) is 0 Å².